The summed E-state index contributed by atoms with van der Waals surface area (Å²) in [6.45, 7) is 10.5. The number of hydrogen-bond acceptors (Lipinski definition) is 5. The van der Waals surface area contributed by atoms with Crippen molar-refractivity contribution >= 4 is 5.91 Å². The molecule has 0 bridgehead atoms. The SMILES string of the molecule is CCn1cc(C)nc1[C@@H](C1CCOCC1)N(C[C@H]1CCNC1)C(=O)[C@H](C)O. The zero-order chi connectivity index (χ0) is 19.4. The Labute approximate surface area is 162 Å². The summed E-state index contributed by atoms with van der Waals surface area (Å²) >= 11 is 0. The van der Waals surface area contributed by atoms with E-state index in [4.69, 9.17) is 9.72 Å². The third-order valence-corrected chi connectivity index (χ3v) is 5.84. The van der Waals surface area contributed by atoms with E-state index in [1.54, 1.807) is 6.92 Å². The van der Waals surface area contributed by atoms with E-state index in [1.165, 1.54) is 0 Å². The molecule has 2 N–H and O–H groups in total. The molecule has 0 aliphatic carbocycles. The Bertz CT molecular complexity index is 619. The number of ether oxygens (including phenoxy) is 1. The number of imidazole rings is 1. The van der Waals surface area contributed by atoms with Crippen LogP contribution in [0.15, 0.2) is 6.20 Å². The van der Waals surface area contributed by atoms with Crippen LogP contribution in [0.1, 0.15) is 50.7 Å². The van der Waals surface area contributed by atoms with Crippen molar-refractivity contribution in [1.82, 2.24) is 19.8 Å². The maximum atomic E-state index is 13.1. The summed E-state index contributed by atoms with van der Waals surface area (Å²) in [5.41, 5.74) is 0.968. The molecule has 1 aromatic rings. The van der Waals surface area contributed by atoms with Gasteiger partial charge in [0.15, 0.2) is 0 Å². The lowest BCUT2D eigenvalue weighted by molar-refractivity contribution is -0.145. The number of carbonyl (C=O) groups excluding carboxylic acids is 1. The van der Waals surface area contributed by atoms with Crippen molar-refractivity contribution in [3.8, 4) is 0 Å². The number of nitrogens with zero attached hydrogens (tertiary/aromatic N) is 3. The van der Waals surface area contributed by atoms with Crippen molar-refractivity contribution in [2.45, 2.75) is 58.7 Å². The van der Waals surface area contributed by atoms with E-state index < -0.39 is 6.10 Å². The molecule has 2 saturated heterocycles. The number of hydrogen-bond donors (Lipinski definition) is 2. The molecule has 0 saturated carbocycles. The molecule has 2 aliphatic heterocycles. The van der Waals surface area contributed by atoms with E-state index in [0.29, 0.717) is 31.6 Å². The second-order valence-electron chi connectivity index (χ2n) is 7.95. The Morgan fingerprint density at radius 2 is 2.19 bits per heavy atom. The minimum atomic E-state index is -1.01. The molecular weight excluding hydrogens is 344 g/mol. The van der Waals surface area contributed by atoms with Crippen molar-refractivity contribution in [3.05, 3.63) is 17.7 Å². The van der Waals surface area contributed by atoms with Gasteiger partial charge in [0.25, 0.3) is 5.91 Å². The largest absolute Gasteiger partial charge is 0.384 e. The van der Waals surface area contributed by atoms with E-state index in [2.05, 4.69) is 23.0 Å². The minimum absolute atomic E-state index is 0.120. The summed E-state index contributed by atoms with van der Waals surface area (Å²) in [4.78, 5) is 19.8. The second-order valence-corrected chi connectivity index (χ2v) is 7.95. The molecule has 7 heteroatoms. The lowest BCUT2D eigenvalue weighted by Crippen LogP contribution is -2.47. The summed E-state index contributed by atoms with van der Waals surface area (Å²) in [7, 11) is 0. The zero-order valence-corrected chi connectivity index (χ0v) is 16.9. The smallest absolute Gasteiger partial charge is 0.251 e. The molecule has 1 aromatic heterocycles. The number of rotatable bonds is 7. The second kappa shape index (κ2) is 9.17. The molecule has 27 heavy (non-hydrogen) atoms. The summed E-state index contributed by atoms with van der Waals surface area (Å²) in [5, 5.41) is 13.5. The van der Waals surface area contributed by atoms with E-state index in [0.717, 1.165) is 50.4 Å². The third kappa shape index (κ3) is 4.70. The van der Waals surface area contributed by atoms with E-state index in [9.17, 15) is 9.90 Å². The highest BCUT2D eigenvalue weighted by Crippen LogP contribution is 2.36. The maximum absolute atomic E-state index is 13.1. The van der Waals surface area contributed by atoms with Gasteiger partial charge in [-0.1, -0.05) is 0 Å². The van der Waals surface area contributed by atoms with Gasteiger partial charge >= 0.3 is 0 Å². The van der Waals surface area contributed by atoms with Gasteiger partial charge in [-0.3, -0.25) is 4.79 Å². The number of nitrogens with one attached hydrogen (secondary N) is 1. The molecule has 1 amide bonds. The summed E-state index contributed by atoms with van der Waals surface area (Å²) in [5.74, 6) is 1.47. The first-order valence-electron chi connectivity index (χ1n) is 10.3. The minimum Gasteiger partial charge on any atom is -0.384 e. The van der Waals surface area contributed by atoms with Crippen LogP contribution in [0.5, 0.6) is 0 Å². The molecule has 3 heterocycles. The number of carbonyl (C=O) groups is 1. The highest BCUT2D eigenvalue weighted by atomic mass is 16.5. The first kappa shape index (κ1) is 20.3. The average Bonchev–Trinajstić information content (AvgIpc) is 3.30. The molecule has 152 valence electrons. The van der Waals surface area contributed by atoms with Crippen molar-refractivity contribution in [2.24, 2.45) is 11.8 Å². The summed E-state index contributed by atoms with van der Waals surface area (Å²) in [6, 6.07) is -0.120. The molecule has 7 nitrogen and oxygen atoms in total. The van der Waals surface area contributed by atoms with Crippen molar-refractivity contribution in [1.29, 1.82) is 0 Å². The Kier molecular flexibility index (Phi) is 6.89. The Balaban J connectivity index is 1.98. The number of aromatic nitrogens is 2. The monoisotopic (exact) mass is 378 g/mol. The molecule has 3 atom stereocenters. The van der Waals surface area contributed by atoms with Crippen LogP contribution in [-0.2, 0) is 16.1 Å². The van der Waals surface area contributed by atoms with Crippen LogP contribution in [0.3, 0.4) is 0 Å². The van der Waals surface area contributed by atoms with Crippen LogP contribution >= 0.6 is 0 Å². The van der Waals surface area contributed by atoms with Gasteiger partial charge in [-0.25, -0.2) is 4.98 Å². The van der Waals surface area contributed by atoms with Crippen molar-refractivity contribution in [2.75, 3.05) is 32.8 Å². The average molecular weight is 379 g/mol. The first-order valence-corrected chi connectivity index (χ1v) is 10.3. The Hall–Kier alpha value is -1.44. The summed E-state index contributed by atoms with van der Waals surface area (Å²) in [6.07, 6.45) is 3.93. The standard InChI is InChI=1S/C20H34N4O3/c1-4-23-12-14(2)22-19(23)18(17-6-9-27-10-7-17)24(20(26)15(3)25)13-16-5-8-21-11-16/h12,15-18,21,25H,4-11,13H2,1-3H3/t15-,16-,18+/m0/s1. The predicted molar refractivity (Wildman–Crippen MR) is 103 cm³/mol. The number of aliphatic hydroxyl groups excluding tert-OH is 1. The Morgan fingerprint density at radius 3 is 2.78 bits per heavy atom. The number of amides is 1. The van der Waals surface area contributed by atoms with Crippen LogP contribution < -0.4 is 5.32 Å². The molecule has 2 fully saturated rings. The normalized spacial score (nSPS) is 23.3. The number of aryl methyl sites for hydroxylation is 2. The quantitative estimate of drug-likeness (QED) is 0.752. The van der Waals surface area contributed by atoms with Gasteiger partial charge in [-0.05, 0) is 65.0 Å². The van der Waals surface area contributed by atoms with Crippen molar-refractivity contribution in [3.63, 3.8) is 0 Å². The van der Waals surface area contributed by atoms with E-state index in [1.807, 2.05) is 11.8 Å². The Morgan fingerprint density at radius 1 is 1.44 bits per heavy atom. The van der Waals surface area contributed by atoms with Gasteiger partial charge in [0.05, 0.1) is 11.7 Å². The van der Waals surface area contributed by atoms with Gasteiger partial charge in [0, 0.05) is 32.5 Å². The van der Waals surface area contributed by atoms with Crippen LogP contribution in [0.25, 0.3) is 0 Å². The van der Waals surface area contributed by atoms with E-state index in [-0.39, 0.29) is 11.9 Å². The molecule has 2 aliphatic rings. The van der Waals surface area contributed by atoms with Gasteiger partial charge in [0.2, 0.25) is 0 Å². The highest BCUT2D eigenvalue weighted by Gasteiger charge is 2.38. The topological polar surface area (TPSA) is 79.6 Å². The molecule has 3 rings (SSSR count). The first-order chi connectivity index (χ1) is 13.0. The third-order valence-electron chi connectivity index (χ3n) is 5.84. The molecule has 0 spiro atoms. The summed E-state index contributed by atoms with van der Waals surface area (Å²) < 4.78 is 7.74. The van der Waals surface area contributed by atoms with Crippen LogP contribution in [0.2, 0.25) is 0 Å². The zero-order valence-electron chi connectivity index (χ0n) is 16.9. The molecular formula is C20H34N4O3. The molecule has 0 radical (unpaired) electrons. The van der Waals surface area contributed by atoms with Gasteiger partial charge in [-0.2, -0.15) is 0 Å². The highest BCUT2D eigenvalue weighted by molar-refractivity contribution is 5.80. The van der Waals surface area contributed by atoms with E-state index >= 15 is 0 Å². The van der Waals surface area contributed by atoms with Gasteiger partial charge < -0.3 is 24.6 Å². The predicted octanol–water partition coefficient (Wildman–Crippen LogP) is 1.50. The van der Waals surface area contributed by atoms with Crippen LogP contribution in [0.4, 0.5) is 0 Å². The number of aliphatic hydroxyl groups is 1. The fourth-order valence-electron chi connectivity index (χ4n) is 4.42. The van der Waals surface area contributed by atoms with Crippen LogP contribution in [0, 0.1) is 18.8 Å². The van der Waals surface area contributed by atoms with Gasteiger partial charge in [0.1, 0.15) is 11.9 Å². The lowest BCUT2D eigenvalue weighted by Gasteiger charge is -2.40. The fraction of sp³-hybridized carbons (Fsp3) is 0.800. The maximum Gasteiger partial charge on any atom is 0.251 e. The molecule has 0 aromatic carbocycles. The van der Waals surface area contributed by atoms with Crippen LogP contribution in [-0.4, -0.2) is 64.4 Å². The molecule has 0 unspecified atom stereocenters. The lowest BCUT2D eigenvalue weighted by atomic mass is 9.88. The van der Waals surface area contributed by atoms with Gasteiger partial charge in [-0.15, -0.1) is 0 Å². The van der Waals surface area contributed by atoms with Crippen molar-refractivity contribution < 1.29 is 14.6 Å². The fourth-order valence-corrected chi connectivity index (χ4v) is 4.42.